The molecule has 3 heterocycles. The highest BCUT2D eigenvalue weighted by molar-refractivity contribution is 6.16. The summed E-state index contributed by atoms with van der Waals surface area (Å²) in [5, 5.41) is 0. The maximum Gasteiger partial charge on any atom is 0.347 e. The fourth-order valence-electron chi connectivity index (χ4n) is 5.60. The Hall–Kier alpha value is -5.46. The van der Waals surface area contributed by atoms with Gasteiger partial charge < -0.3 is 14.2 Å². The molecule has 7 rings (SSSR count). The molecular weight excluding hydrogens is 574 g/mol. The number of hydrogen-bond donors (Lipinski definition) is 0. The van der Waals surface area contributed by atoms with Gasteiger partial charge in [0.1, 0.15) is 11.5 Å². The van der Waals surface area contributed by atoms with Gasteiger partial charge in [-0.25, -0.2) is 45.5 Å². The van der Waals surface area contributed by atoms with Crippen molar-refractivity contribution in [2.24, 2.45) is 0 Å². The Morgan fingerprint density at radius 3 is 1.17 bits per heavy atom. The first-order valence-corrected chi connectivity index (χ1v) is 11.8. The summed E-state index contributed by atoms with van der Waals surface area (Å²) in [7, 11) is 0. The summed E-state index contributed by atoms with van der Waals surface area (Å²) < 4.78 is 105. The second kappa shape index (κ2) is 8.28. The first-order chi connectivity index (χ1) is 19.9. The Kier molecular flexibility index (Phi) is 5.03. The van der Waals surface area contributed by atoms with Crippen molar-refractivity contribution in [2.45, 2.75) is 5.41 Å². The van der Waals surface area contributed by atoms with Gasteiger partial charge in [0.15, 0.2) is 34.9 Å². The first kappa shape index (κ1) is 25.5. The second-order valence-electron chi connectivity index (χ2n) is 9.44. The highest BCUT2D eigenvalue weighted by Gasteiger charge is 2.52. The van der Waals surface area contributed by atoms with Crippen LogP contribution in [0.1, 0.15) is 63.7 Å². The van der Waals surface area contributed by atoms with Crippen LogP contribution in [0, 0.1) is 34.9 Å². The number of carbonyl (C=O) groups excluding carboxylic acids is 4. The van der Waals surface area contributed by atoms with Gasteiger partial charge in [-0.3, -0.25) is 0 Å². The molecule has 0 aliphatic carbocycles. The zero-order chi connectivity index (χ0) is 29.8. The van der Waals surface area contributed by atoms with E-state index in [4.69, 9.17) is 4.74 Å². The fraction of sp³-hybridized carbons (Fsp3) is 0.0345. The third-order valence-electron chi connectivity index (χ3n) is 7.40. The summed E-state index contributed by atoms with van der Waals surface area (Å²) in [5.74, 6) is -16.6. The van der Waals surface area contributed by atoms with Crippen molar-refractivity contribution in [1.29, 1.82) is 0 Å². The van der Waals surface area contributed by atoms with Crippen LogP contribution < -0.4 is 4.74 Å². The van der Waals surface area contributed by atoms with Gasteiger partial charge in [-0.15, -0.1) is 0 Å². The van der Waals surface area contributed by atoms with E-state index in [0.717, 1.165) is 24.3 Å². The van der Waals surface area contributed by atoms with Gasteiger partial charge in [0.05, 0.1) is 27.7 Å². The molecule has 0 saturated carbocycles. The Morgan fingerprint density at radius 2 is 0.786 bits per heavy atom. The molecular formula is C29H8F6O7. The average Bonchev–Trinajstić information content (AvgIpc) is 3.40. The molecule has 4 aromatic carbocycles. The van der Waals surface area contributed by atoms with Crippen LogP contribution in [0.2, 0.25) is 0 Å². The maximum absolute atomic E-state index is 15.9. The minimum Gasteiger partial charge on any atom is -0.457 e. The number of fused-ring (bicyclic) bond motifs is 4. The smallest absolute Gasteiger partial charge is 0.347 e. The lowest BCUT2D eigenvalue weighted by Gasteiger charge is -2.42. The number of benzene rings is 4. The standard InChI is InChI=1S/C29H8F6O7/c30-17-3-1-13(21(32)23(17)34)29(14-2-4-18(31)24(35)22(14)33)15-5-9-11(27(38)41-25(9)36)7-19(15)40-20-8-12-10(6-16(20)29)26(37)42-28(12)39/h1-8H. The summed E-state index contributed by atoms with van der Waals surface area (Å²) in [4.78, 5) is 49.6. The lowest BCUT2D eigenvalue weighted by Crippen LogP contribution is -2.37. The van der Waals surface area contributed by atoms with E-state index < -0.39 is 109 Å². The van der Waals surface area contributed by atoms with E-state index in [1.807, 2.05) is 0 Å². The van der Waals surface area contributed by atoms with Gasteiger partial charge in [-0.2, -0.15) is 0 Å². The molecule has 208 valence electrons. The number of cyclic esters (lactones) is 4. The van der Waals surface area contributed by atoms with Crippen LogP contribution in [0.5, 0.6) is 11.5 Å². The summed E-state index contributed by atoms with van der Waals surface area (Å²) in [5.41, 5.74) is -6.90. The van der Waals surface area contributed by atoms with Crippen molar-refractivity contribution in [2.75, 3.05) is 0 Å². The van der Waals surface area contributed by atoms with E-state index in [1.54, 1.807) is 0 Å². The molecule has 0 atom stereocenters. The van der Waals surface area contributed by atoms with Crippen LogP contribution in [0.15, 0.2) is 48.5 Å². The van der Waals surface area contributed by atoms with Crippen molar-refractivity contribution >= 4 is 23.9 Å². The molecule has 0 amide bonds. The first-order valence-electron chi connectivity index (χ1n) is 11.8. The van der Waals surface area contributed by atoms with E-state index in [-0.39, 0.29) is 11.1 Å². The minimum absolute atomic E-state index is 0.344. The van der Waals surface area contributed by atoms with Gasteiger partial charge in [0, 0.05) is 22.3 Å². The number of ether oxygens (including phenoxy) is 3. The highest BCUT2D eigenvalue weighted by atomic mass is 19.2. The monoisotopic (exact) mass is 582 g/mol. The predicted molar refractivity (Wildman–Crippen MR) is 124 cm³/mol. The van der Waals surface area contributed by atoms with Crippen molar-refractivity contribution in [1.82, 2.24) is 0 Å². The molecule has 3 aliphatic heterocycles. The largest absolute Gasteiger partial charge is 0.457 e. The van der Waals surface area contributed by atoms with Gasteiger partial charge in [0.25, 0.3) is 0 Å². The number of hydrogen-bond acceptors (Lipinski definition) is 7. The SMILES string of the molecule is O=C1OC(=O)c2cc3c(cc21)Oc1cc2c(cc1C3(c1ccc(F)c(F)c1F)c1ccc(F)c(F)c1F)C(=O)OC2=O. The normalized spacial score (nSPS) is 15.9. The molecule has 13 heteroatoms. The molecule has 0 spiro atoms. The van der Waals surface area contributed by atoms with E-state index in [1.165, 1.54) is 0 Å². The molecule has 0 radical (unpaired) electrons. The minimum atomic E-state index is -2.68. The van der Waals surface area contributed by atoms with Crippen molar-refractivity contribution in [3.05, 3.63) is 128 Å². The van der Waals surface area contributed by atoms with Gasteiger partial charge >= 0.3 is 23.9 Å². The molecule has 0 aromatic heterocycles. The molecule has 4 aromatic rings. The predicted octanol–water partition coefficient (Wildman–Crippen LogP) is 5.63. The Balaban J connectivity index is 1.73. The van der Waals surface area contributed by atoms with Crippen LogP contribution in [-0.2, 0) is 14.9 Å². The molecule has 3 aliphatic rings. The molecule has 0 fully saturated rings. The van der Waals surface area contributed by atoms with Crippen LogP contribution in [-0.4, -0.2) is 23.9 Å². The molecule has 7 nitrogen and oxygen atoms in total. The van der Waals surface area contributed by atoms with Gasteiger partial charge in [0.2, 0.25) is 0 Å². The van der Waals surface area contributed by atoms with Crippen LogP contribution in [0.3, 0.4) is 0 Å². The number of carbonyl (C=O) groups is 4. The van der Waals surface area contributed by atoms with E-state index in [2.05, 4.69) is 9.47 Å². The van der Waals surface area contributed by atoms with Crippen LogP contribution >= 0.6 is 0 Å². The fourth-order valence-corrected chi connectivity index (χ4v) is 5.60. The lowest BCUT2D eigenvalue weighted by atomic mass is 9.62. The molecule has 0 N–H and O–H groups in total. The molecule has 0 unspecified atom stereocenters. The summed E-state index contributed by atoms with van der Waals surface area (Å²) in [6, 6.07) is 6.11. The number of halogens is 6. The zero-order valence-electron chi connectivity index (χ0n) is 20.2. The third kappa shape index (κ3) is 3.07. The topological polar surface area (TPSA) is 96.0 Å². The maximum atomic E-state index is 15.9. The zero-order valence-corrected chi connectivity index (χ0v) is 20.2. The molecule has 0 saturated heterocycles. The Bertz CT molecular complexity index is 1880. The number of rotatable bonds is 2. The van der Waals surface area contributed by atoms with Crippen molar-refractivity contribution in [3.8, 4) is 11.5 Å². The van der Waals surface area contributed by atoms with Crippen LogP contribution in [0.4, 0.5) is 26.3 Å². The van der Waals surface area contributed by atoms with Crippen molar-refractivity contribution < 1.29 is 59.7 Å². The quantitative estimate of drug-likeness (QED) is 0.115. The van der Waals surface area contributed by atoms with Gasteiger partial charge in [-0.1, -0.05) is 12.1 Å². The second-order valence-corrected chi connectivity index (χ2v) is 9.44. The van der Waals surface area contributed by atoms with Gasteiger partial charge in [-0.05, 0) is 36.4 Å². The lowest BCUT2D eigenvalue weighted by molar-refractivity contribution is 0.0425. The molecule has 42 heavy (non-hydrogen) atoms. The van der Waals surface area contributed by atoms with Crippen molar-refractivity contribution in [3.63, 3.8) is 0 Å². The van der Waals surface area contributed by atoms with E-state index in [9.17, 15) is 36.7 Å². The Morgan fingerprint density at radius 1 is 0.429 bits per heavy atom. The average molecular weight is 582 g/mol. The molecule has 0 bridgehead atoms. The van der Waals surface area contributed by atoms with Crippen LogP contribution in [0.25, 0.3) is 0 Å². The number of esters is 4. The third-order valence-corrected chi connectivity index (χ3v) is 7.40. The van der Waals surface area contributed by atoms with E-state index in [0.29, 0.717) is 24.3 Å². The van der Waals surface area contributed by atoms with E-state index >= 15 is 8.78 Å². The summed E-state index contributed by atoms with van der Waals surface area (Å²) in [6.45, 7) is 0. The summed E-state index contributed by atoms with van der Waals surface area (Å²) in [6.07, 6.45) is 0. The highest BCUT2D eigenvalue weighted by Crippen LogP contribution is 2.58. The summed E-state index contributed by atoms with van der Waals surface area (Å²) >= 11 is 0. The Labute approximate surface area is 228 Å².